The van der Waals surface area contributed by atoms with Gasteiger partial charge in [0, 0.05) is 54.6 Å². The van der Waals surface area contributed by atoms with E-state index in [-0.39, 0.29) is 11.8 Å². The van der Waals surface area contributed by atoms with Crippen LogP contribution in [0.4, 0.5) is 11.4 Å². The highest BCUT2D eigenvalue weighted by molar-refractivity contribution is 6.05. The molecule has 0 aliphatic carbocycles. The number of hydrogen-bond donors (Lipinski definition) is 1. The molecule has 2 heterocycles. The van der Waals surface area contributed by atoms with Gasteiger partial charge < -0.3 is 29.0 Å². The van der Waals surface area contributed by atoms with Crippen LogP contribution < -0.4 is 19.7 Å². The van der Waals surface area contributed by atoms with Gasteiger partial charge in [0.1, 0.15) is 17.1 Å². The molecule has 8 nitrogen and oxygen atoms in total. The van der Waals surface area contributed by atoms with Gasteiger partial charge in [0.2, 0.25) is 0 Å². The highest BCUT2D eigenvalue weighted by atomic mass is 16.5. The second-order valence-corrected chi connectivity index (χ2v) is 8.53. The summed E-state index contributed by atoms with van der Waals surface area (Å²) in [4.78, 5) is 29.7. The van der Waals surface area contributed by atoms with Crippen molar-refractivity contribution in [3.8, 4) is 11.5 Å². The lowest BCUT2D eigenvalue weighted by molar-refractivity contribution is 0.0717. The Balaban J connectivity index is 1.19. The highest BCUT2D eigenvalue weighted by Crippen LogP contribution is 2.25. The van der Waals surface area contributed by atoms with E-state index in [0.717, 1.165) is 16.7 Å². The third-order valence-electron chi connectivity index (χ3n) is 6.31. The first-order valence-electron chi connectivity index (χ1n) is 11.7. The summed E-state index contributed by atoms with van der Waals surface area (Å²) in [6, 6.07) is 22.2. The summed E-state index contributed by atoms with van der Waals surface area (Å²) in [6.07, 6.45) is 0. The molecule has 1 N–H and O–H groups in total. The average Bonchev–Trinajstić information content (AvgIpc) is 3.37. The van der Waals surface area contributed by atoms with Gasteiger partial charge >= 0.3 is 0 Å². The maximum absolute atomic E-state index is 12.9. The molecule has 1 aliphatic rings. The standard InChI is InChI=1S/C28H27N3O5/c1-34-23-15-20(16-24(18-23)35-2)27(32)29-21-7-9-22(10-8-21)30-11-13-31(14-12-30)28(33)26-17-19-5-3-4-6-25(19)36-26/h3-10,15-18H,11-14H2,1-2H3,(H,29,32). The average molecular weight is 486 g/mol. The first-order chi connectivity index (χ1) is 17.5. The van der Waals surface area contributed by atoms with Crippen LogP contribution in [-0.2, 0) is 0 Å². The molecule has 1 saturated heterocycles. The molecule has 1 aromatic heterocycles. The number of furan rings is 1. The zero-order valence-corrected chi connectivity index (χ0v) is 20.2. The molecule has 1 aliphatic heterocycles. The summed E-state index contributed by atoms with van der Waals surface area (Å²) in [6.45, 7) is 2.63. The molecule has 5 rings (SSSR count). The van der Waals surface area contributed by atoms with Crippen LogP contribution in [0.2, 0.25) is 0 Å². The van der Waals surface area contributed by atoms with Gasteiger partial charge in [-0.1, -0.05) is 18.2 Å². The second-order valence-electron chi connectivity index (χ2n) is 8.53. The van der Waals surface area contributed by atoms with Crippen LogP contribution in [0.15, 0.2) is 77.2 Å². The van der Waals surface area contributed by atoms with Gasteiger partial charge in [-0.05, 0) is 48.5 Å². The van der Waals surface area contributed by atoms with Crippen LogP contribution in [0.25, 0.3) is 11.0 Å². The van der Waals surface area contributed by atoms with E-state index in [1.165, 1.54) is 0 Å². The van der Waals surface area contributed by atoms with Crippen molar-refractivity contribution in [3.63, 3.8) is 0 Å². The molecule has 0 atom stereocenters. The van der Waals surface area contributed by atoms with Crippen molar-refractivity contribution in [2.75, 3.05) is 50.6 Å². The Morgan fingerprint density at radius 3 is 2.14 bits per heavy atom. The number of nitrogens with one attached hydrogen (secondary N) is 1. The Bertz CT molecular complexity index is 1330. The topological polar surface area (TPSA) is 84.3 Å². The molecule has 0 saturated carbocycles. The van der Waals surface area contributed by atoms with Gasteiger partial charge in [-0.25, -0.2) is 0 Å². The van der Waals surface area contributed by atoms with Crippen molar-refractivity contribution in [2.24, 2.45) is 0 Å². The monoisotopic (exact) mass is 485 g/mol. The SMILES string of the molecule is COc1cc(OC)cc(C(=O)Nc2ccc(N3CCN(C(=O)c4cc5ccccc5o4)CC3)cc2)c1. The van der Waals surface area contributed by atoms with Crippen molar-refractivity contribution in [3.05, 3.63) is 84.1 Å². The Morgan fingerprint density at radius 1 is 0.833 bits per heavy atom. The maximum atomic E-state index is 12.9. The van der Waals surface area contributed by atoms with Crippen LogP contribution in [0.1, 0.15) is 20.9 Å². The fourth-order valence-corrected chi connectivity index (χ4v) is 4.31. The van der Waals surface area contributed by atoms with Crippen molar-refractivity contribution in [1.29, 1.82) is 0 Å². The molecule has 0 radical (unpaired) electrons. The highest BCUT2D eigenvalue weighted by Gasteiger charge is 2.24. The van der Waals surface area contributed by atoms with Crippen LogP contribution in [0, 0.1) is 0 Å². The third kappa shape index (κ3) is 4.84. The number of ether oxygens (including phenoxy) is 2. The zero-order valence-electron chi connectivity index (χ0n) is 20.2. The summed E-state index contributed by atoms with van der Waals surface area (Å²) in [5.41, 5.74) is 2.88. The van der Waals surface area contributed by atoms with Crippen molar-refractivity contribution in [2.45, 2.75) is 0 Å². The Hall–Kier alpha value is -4.46. The Morgan fingerprint density at radius 2 is 1.50 bits per heavy atom. The minimum absolute atomic E-state index is 0.0851. The molecular weight excluding hydrogens is 458 g/mol. The predicted molar refractivity (Wildman–Crippen MR) is 138 cm³/mol. The molecule has 0 bridgehead atoms. The van der Waals surface area contributed by atoms with E-state index in [1.807, 2.05) is 53.4 Å². The van der Waals surface area contributed by atoms with Crippen molar-refractivity contribution < 1.29 is 23.5 Å². The number of amides is 2. The van der Waals surface area contributed by atoms with Crippen LogP contribution in [-0.4, -0.2) is 57.1 Å². The summed E-state index contributed by atoms with van der Waals surface area (Å²) in [7, 11) is 3.09. The van der Waals surface area contributed by atoms with E-state index in [4.69, 9.17) is 13.9 Å². The van der Waals surface area contributed by atoms with E-state index in [0.29, 0.717) is 54.7 Å². The lowest BCUT2D eigenvalue weighted by Gasteiger charge is -2.35. The third-order valence-corrected chi connectivity index (χ3v) is 6.31. The van der Waals surface area contributed by atoms with Gasteiger partial charge in [0.15, 0.2) is 5.76 Å². The Labute approximate surface area is 209 Å². The number of piperazine rings is 1. The van der Waals surface area contributed by atoms with Gasteiger partial charge in [0.05, 0.1) is 14.2 Å². The first-order valence-corrected chi connectivity index (χ1v) is 11.7. The summed E-state index contributed by atoms with van der Waals surface area (Å²) in [5, 5.41) is 3.84. The van der Waals surface area contributed by atoms with E-state index in [1.54, 1.807) is 38.5 Å². The van der Waals surface area contributed by atoms with Gasteiger partial charge in [-0.15, -0.1) is 0 Å². The summed E-state index contributed by atoms with van der Waals surface area (Å²) < 4.78 is 16.2. The number of para-hydroxylation sites is 1. The van der Waals surface area contributed by atoms with Gasteiger partial charge in [-0.3, -0.25) is 9.59 Å². The lowest BCUT2D eigenvalue weighted by atomic mass is 10.1. The number of anilines is 2. The van der Waals surface area contributed by atoms with E-state index in [2.05, 4.69) is 10.2 Å². The van der Waals surface area contributed by atoms with Crippen LogP contribution >= 0.6 is 0 Å². The zero-order chi connectivity index (χ0) is 25.1. The summed E-state index contributed by atoms with van der Waals surface area (Å²) in [5.74, 6) is 1.13. The molecule has 3 aromatic carbocycles. The number of benzene rings is 3. The molecule has 0 spiro atoms. The number of methoxy groups -OCH3 is 2. The number of carbonyl (C=O) groups is 2. The summed E-state index contributed by atoms with van der Waals surface area (Å²) >= 11 is 0. The minimum atomic E-state index is -0.252. The van der Waals surface area contributed by atoms with Gasteiger partial charge in [0.25, 0.3) is 11.8 Å². The molecular formula is C28H27N3O5. The van der Waals surface area contributed by atoms with Crippen molar-refractivity contribution >= 4 is 34.2 Å². The van der Waals surface area contributed by atoms with E-state index in [9.17, 15) is 9.59 Å². The molecule has 2 amide bonds. The Kier molecular flexibility index (Phi) is 6.49. The largest absolute Gasteiger partial charge is 0.497 e. The molecule has 36 heavy (non-hydrogen) atoms. The normalized spacial score (nSPS) is 13.5. The molecule has 0 unspecified atom stereocenters. The quantitative estimate of drug-likeness (QED) is 0.428. The fourth-order valence-electron chi connectivity index (χ4n) is 4.31. The fraction of sp³-hybridized carbons (Fsp3) is 0.214. The maximum Gasteiger partial charge on any atom is 0.289 e. The number of fused-ring (bicyclic) bond motifs is 1. The number of nitrogens with zero attached hydrogens (tertiary/aromatic N) is 2. The molecule has 184 valence electrons. The second kappa shape index (κ2) is 10.0. The van der Waals surface area contributed by atoms with E-state index < -0.39 is 0 Å². The lowest BCUT2D eigenvalue weighted by Crippen LogP contribution is -2.48. The van der Waals surface area contributed by atoms with Crippen LogP contribution in [0.3, 0.4) is 0 Å². The molecule has 8 heteroatoms. The smallest absolute Gasteiger partial charge is 0.289 e. The molecule has 4 aromatic rings. The first kappa shape index (κ1) is 23.3. The number of rotatable bonds is 6. The van der Waals surface area contributed by atoms with Gasteiger partial charge in [-0.2, -0.15) is 0 Å². The van der Waals surface area contributed by atoms with E-state index >= 15 is 0 Å². The molecule has 1 fully saturated rings. The predicted octanol–water partition coefficient (Wildman–Crippen LogP) is 4.66. The number of hydrogen-bond acceptors (Lipinski definition) is 6. The van der Waals surface area contributed by atoms with Crippen LogP contribution in [0.5, 0.6) is 11.5 Å². The van der Waals surface area contributed by atoms with Crippen molar-refractivity contribution in [1.82, 2.24) is 4.90 Å². The minimum Gasteiger partial charge on any atom is -0.497 e. The number of carbonyl (C=O) groups excluding carboxylic acids is 2.